The number of nitrogens with zero attached hydrogens (tertiary/aromatic N) is 3. The van der Waals surface area contributed by atoms with Crippen molar-refractivity contribution in [2.24, 2.45) is 0 Å². The van der Waals surface area contributed by atoms with Crippen molar-refractivity contribution < 1.29 is 9.47 Å². The van der Waals surface area contributed by atoms with E-state index in [1.54, 1.807) is 0 Å². The van der Waals surface area contributed by atoms with E-state index in [4.69, 9.17) is 9.47 Å². The third-order valence-electron chi connectivity index (χ3n) is 4.95. The lowest BCUT2D eigenvalue weighted by atomic mass is 10.2. The summed E-state index contributed by atoms with van der Waals surface area (Å²) in [6.45, 7) is 11.8. The molecule has 2 aliphatic rings. The standard InChI is InChI=1S/C20H31N3O2/c1-2-3-6-19(17-22-9-4-5-10-22)25-20-8-7-18(15-21-20)16-23-11-13-24-14-12-23/h2,7-8,15,19H,1,3-6,9-14,16-17H2. The molecule has 0 N–H and O–H groups in total. The maximum Gasteiger partial charge on any atom is 0.213 e. The van der Waals surface area contributed by atoms with Gasteiger partial charge in [-0.15, -0.1) is 6.58 Å². The van der Waals surface area contributed by atoms with Crippen LogP contribution in [0.15, 0.2) is 31.0 Å². The largest absolute Gasteiger partial charge is 0.473 e. The van der Waals surface area contributed by atoms with Crippen LogP contribution >= 0.6 is 0 Å². The molecule has 5 heteroatoms. The van der Waals surface area contributed by atoms with Crippen LogP contribution in [0.5, 0.6) is 5.88 Å². The number of pyridine rings is 1. The van der Waals surface area contributed by atoms with Gasteiger partial charge in [0.15, 0.2) is 0 Å². The molecule has 0 aromatic carbocycles. The van der Waals surface area contributed by atoms with Gasteiger partial charge < -0.3 is 9.47 Å². The van der Waals surface area contributed by atoms with Gasteiger partial charge in [0.05, 0.1) is 13.2 Å². The summed E-state index contributed by atoms with van der Waals surface area (Å²) in [5.41, 5.74) is 1.23. The fraction of sp³-hybridized carbons (Fsp3) is 0.650. The Morgan fingerprint density at radius 3 is 2.64 bits per heavy atom. The van der Waals surface area contributed by atoms with E-state index < -0.39 is 0 Å². The van der Waals surface area contributed by atoms with E-state index in [2.05, 4.69) is 27.4 Å². The molecule has 2 fully saturated rings. The molecule has 0 radical (unpaired) electrons. The Kier molecular flexibility index (Phi) is 7.27. The second kappa shape index (κ2) is 9.90. The van der Waals surface area contributed by atoms with E-state index >= 15 is 0 Å². The minimum atomic E-state index is 0.189. The minimum absolute atomic E-state index is 0.189. The van der Waals surface area contributed by atoms with Crippen molar-refractivity contribution in [2.45, 2.75) is 38.3 Å². The third-order valence-corrected chi connectivity index (χ3v) is 4.95. The molecule has 3 heterocycles. The molecule has 0 saturated carbocycles. The number of hydrogen-bond acceptors (Lipinski definition) is 5. The molecule has 5 nitrogen and oxygen atoms in total. The van der Waals surface area contributed by atoms with Gasteiger partial charge in [0.25, 0.3) is 0 Å². The number of hydrogen-bond donors (Lipinski definition) is 0. The number of allylic oxidation sites excluding steroid dienone is 1. The van der Waals surface area contributed by atoms with Crippen LogP contribution in [0.25, 0.3) is 0 Å². The molecule has 0 spiro atoms. The van der Waals surface area contributed by atoms with Crippen molar-refractivity contribution in [2.75, 3.05) is 45.9 Å². The normalized spacial score (nSPS) is 20.5. The van der Waals surface area contributed by atoms with Crippen molar-refractivity contribution in [1.29, 1.82) is 0 Å². The summed E-state index contributed by atoms with van der Waals surface area (Å²) in [6, 6.07) is 4.15. The van der Waals surface area contributed by atoms with Crippen molar-refractivity contribution >= 4 is 0 Å². The molecule has 1 aromatic heterocycles. The Morgan fingerprint density at radius 2 is 1.96 bits per heavy atom. The number of likely N-dealkylation sites (tertiary alicyclic amines) is 1. The SMILES string of the molecule is C=CCCC(CN1CCCC1)Oc1ccc(CN2CCOCC2)cn1. The molecule has 2 aliphatic heterocycles. The molecule has 2 saturated heterocycles. The Balaban J connectivity index is 1.52. The molecule has 3 rings (SSSR count). The highest BCUT2D eigenvalue weighted by Crippen LogP contribution is 2.17. The Hall–Kier alpha value is -1.43. The van der Waals surface area contributed by atoms with Crippen LogP contribution in [0.1, 0.15) is 31.2 Å². The van der Waals surface area contributed by atoms with Crippen molar-refractivity contribution in [3.05, 3.63) is 36.5 Å². The van der Waals surface area contributed by atoms with Gasteiger partial charge in [-0.1, -0.05) is 12.1 Å². The number of aromatic nitrogens is 1. The zero-order valence-corrected chi connectivity index (χ0v) is 15.2. The van der Waals surface area contributed by atoms with Crippen LogP contribution < -0.4 is 4.74 Å². The quantitative estimate of drug-likeness (QED) is 0.644. The summed E-state index contributed by atoms with van der Waals surface area (Å²) >= 11 is 0. The molecule has 25 heavy (non-hydrogen) atoms. The first-order valence-electron chi connectivity index (χ1n) is 9.58. The maximum absolute atomic E-state index is 6.19. The first kappa shape index (κ1) is 18.4. The second-order valence-corrected chi connectivity index (χ2v) is 7.01. The lowest BCUT2D eigenvalue weighted by Crippen LogP contribution is -2.35. The topological polar surface area (TPSA) is 37.8 Å². The molecular weight excluding hydrogens is 314 g/mol. The van der Waals surface area contributed by atoms with E-state index in [9.17, 15) is 0 Å². The highest BCUT2D eigenvalue weighted by Gasteiger charge is 2.19. The summed E-state index contributed by atoms with van der Waals surface area (Å²) in [5, 5.41) is 0. The van der Waals surface area contributed by atoms with Gasteiger partial charge >= 0.3 is 0 Å². The van der Waals surface area contributed by atoms with Crippen molar-refractivity contribution in [1.82, 2.24) is 14.8 Å². The fourth-order valence-electron chi connectivity index (χ4n) is 3.51. The molecule has 1 atom stereocenters. The zero-order chi connectivity index (χ0) is 17.3. The van der Waals surface area contributed by atoms with E-state index in [1.807, 2.05) is 18.3 Å². The van der Waals surface area contributed by atoms with Crippen LogP contribution in [0, 0.1) is 0 Å². The van der Waals surface area contributed by atoms with Gasteiger partial charge in [0.1, 0.15) is 6.10 Å². The molecule has 1 aromatic rings. The predicted molar refractivity (Wildman–Crippen MR) is 99.9 cm³/mol. The molecular formula is C20H31N3O2. The Morgan fingerprint density at radius 1 is 1.16 bits per heavy atom. The van der Waals surface area contributed by atoms with Crippen LogP contribution in [0.2, 0.25) is 0 Å². The van der Waals surface area contributed by atoms with E-state index in [0.29, 0.717) is 0 Å². The summed E-state index contributed by atoms with van der Waals surface area (Å²) in [5.74, 6) is 0.735. The highest BCUT2D eigenvalue weighted by molar-refractivity contribution is 5.18. The van der Waals surface area contributed by atoms with Gasteiger partial charge in [-0.05, 0) is 44.3 Å². The third kappa shape index (κ3) is 6.10. The number of rotatable bonds is 9. The van der Waals surface area contributed by atoms with Gasteiger partial charge in [-0.3, -0.25) is 9.80 Å². The molecule has 138 valence electrons. The summed E-state index contributed by atoms with van der Waals surface area (Å²) in [6.07, 6.45) is 8.70. The average molecular weight is 345 g/mol. The van der Waals surface area contributed by atoms with E-state index in [0.717, 1.165) is 58.1 Å². The predicted octanol–water partition coefficient (Wildman–Crippen LogP) is 2.72. The van der Waals surface area contributed by atoms with Crippen LogP contribution in [-0.4, -0.2) is 66.8 Å². The minimum Gasteiger partial charge on any atom is -0.473 e. The van der Waals surface area contributed by atoms with Crippen LogP contribution in [-0.2, 0) is 11.3 Å². The van der Waals surface area contributed by atoms with Gasteiger partial charge in [0.2, 0.25) is 5.88 Å². The molecule has 0 bridgehead atoms. The van der Waals surface area contributed by atoms with Gasteiger partial charge in [-0.2, -0.15) is 0 Å². The number of morpholine rings is 1. The average Bonchev–Trinajstić information content (AvgIpc) is 3.15. The van der Waals surface area contributed by atoms with Crippen molar-refractivity contribution in [3.8, 4) is 5.88 Å². The van der Waals surface area contributed by atoms with Crippen LogP contribution in [0.3, 0.4) is 0 Å². The summed E-state index contributed by atoms with van der Waals surface area (Å²) in [4.78, 5) is 9.45. The molecule has 1 unspecified atom stereocenters. The lowest BCUT2D eigenvalue weighted by molar-refractivity contribution is 0.0341. The van der Waals surface area contributed by atoms with E-state index in [-0.39, 0.29) is 6.10 Å². The number of ether oxygens (including phenoxy) is 2. The smallest absolute Gasteiger partial charge is 0.213 e. The van der Waals surface area contributed by atoms with Crippen LogP contribution in [0.4, 0.5) is 0 Å². The summed E-state index contributed by atoms with van der Waals surface area (Å²) < 4.78 is 11.6. The first-order valence-corrected chi connectivity index (χ1v) is 9.58. The second-order valence-electron chi connectivity index (χ2n) is 7.01. The molecule has 0 aliphatic carbocycles. The van der Waals surface area contributed by atoms with Crippen molar-refractivity contribution in [3.63, 3.8) is 0 Å². The lowest BCUT2D eigenvalue weighted by Gasteiger charge is -2.26. The highest BCUT2D eigenvalue weighted by atomic mass is 16.5. The first-order chi connectivity index (χ1) is 12.3. The van der Waals surface area contributed by atoms with Gasteiger partial charge in [0, 0.05) is 38.4 Å². The Bertz CT molecular complexity index is 508. The molecule has 0 amide bonds. The van der Waals surface area contributed by atoms with Gasteiger partial charge in [-0.25, -0.2) is 4.98 Å². The maximum atomic E-state index is 6.19. The fourth-order valence-corrected chi connectivity index (χ4v) is 3.51. The monoisotopic (exact) mass is 345 g/mol. The van der Waals surface area contributed by atoms with E-state index in [1.165, 1.54) is 31.5 Å². The Labute approximate surface area is 151 Å². The zero-order valence-electron chi connectivity index (χ0n) is 15.2. The summed E-state index contributed by atoms with van der Waals surface area (Å²) in [7, 11) is 0.